The van der Waals surface area contributed by atoms with Crippen LogP contribution in [0.4, 0.5) is 5.95 Å². The van der Waals surface area contributed by atoms with Gasteiger partial charge in [-0.3, -0.25) is 0 Å². The van der Waals surface area contributed by atoms with Gasteiger partial charge >= 0.3 is 0 Å². The highest BCUT2D eigenvalue weighted by Gasteiger charge is 2.13. The fraction of sp³-hybridized carbons (Fsp3) is 0.125. The molecular weight excluding hydrogens is 318 g/mol. The zero-order valence-electron chi connectivity index (χ0n) is 12.6. The van der Waals surface area contributed by atoms with E-state index in [0.717, 1.165) is 10.9 Å². The van der Waals surface area contributed by atoms with Crippen molar-refractivity contribution in [3.05, 3.63) is 36.4 Å². The molecule has 0 amide bonds. The third-order valence-corrected chi connectivity index (χ3v) is 3.36. The fourth-order valence-corrected chi connectivity index (χ4v) is 2.31. The van der Waals surface area contributed by atoms with E-state index < -0.39 is 0 Å². The van der Waals surface area contributed by atoms with Crippen molar-refractivity contribution in [2.75, 3.05) is 20.0 Å². The zero-order chi connectivity index (χ0) is 15.7. The molecule has 0 atom stereocenters. The minimum absolute atomic E-state index is 0. The first-order chi connectivity index (χ1) is 10.6. The summed E-state index contributed by atoms with van der Waals surface area (Å²) in [6.45, 7) is 0. The Labute approximate surface area is 139 Å². The van der Waals surface area contributed by atoms with Crippen molar-refractivity contribution < 1.29 is 14.6 Å². The summed E-state index contributed by atoms with van der Waals surface area (Å²) >= 11 is 0. The monoisotopic (exact) mass is 333 g/mol. The lowest BCUT2D eigenvalue weighted by Crippen LogP contribution is -1.99. The van der Waals surface area contributed by atoms with E-state index in [1.807, 2.05) is 6.07 Å². The van der Waals surface area contributed by atoms with E-state index in [-0.39, 0.29) is 24.1 Å². The highest BCUT2D eigenvalue weighted by molar-refractivity contribution is 5.95. The molecule has 3 N–H and O–H groups in total. The number of ether oxygens (including phenoxy) is 2. The highest BCUT2D eigenvalue weighted by atomic mass is 35.5. The molecule has 0 radical (unpaired) electrons. The molecule has 120 valence electrons. The first-order valence-corrected chi connectivity index (χ1v) is 6.61. The fourth-order valence-electron chi connectivity index (χ4n) is 2.31. The molecule has 7 heteroatoms. The quantitative estimate of drug-likeness (QED) is 0.765. The Bertz CT molecular complexity index is 838. The summed E-state index contributed by atoms with van der Waals surface area (Å²) in [5.41, 5.74) is 7.96. The van der Waals surface area contributed by atoms with Gasteiger partial charge in [0.2, 0.25) is 5.95 Å². The van der Waals surface area contributed by atoms with Crippen LogP contribution in [-0.2, 0) is 0 Å². The van der Waals surface area contributed by atoms with Gasteiger partial charge in [0.05, 0.1) is 25.4 Å². The molecule has 6 nitrogen and oxygen atoms in total. The number of nitrogens with two attached hydrogens (primary N) is 1. The van der Waals surface area contributed by atoms with Gasteiger partial charge in [-0.25, -0.2) is 9.97 Å². The maximum absolute atomic E-state index is 9.43. The Kier molecular flexibility index (Phi) is 4.76. The van der Waals surface area contributed by atoms with E-state index in [9.17, 15) is 5.11 Å². The average molecular weight is 334 g/mol. The van der Waals surface area contributed by atoms with Crippen LogP contribution in [0.2, 0.25) is 0 Å². The Balaban J connectivity index is 0.00000192. The first kappa shape index (κ1) is 16.6. The molecule has 0 aliphatic carbocycles. The largest absolute Gasteiger partial charge is 0.508 e. The SMILES string of the molecule is COc1cc2nc(N)nc(-c3ccc(O)cc3)c2cc1OC.Cl. The molecule has 0 unspecified atom stereocenters. The number of aromatic nitrogens is 2. The number of benzene rings is 2. The molecule has 0 bridgehead atoms. The maximum Gasteiger partial charge on any atom is 0.221 e. The van der Waals surface area contributed by atoms with Crippen LogP contribution in [-0.4, -0.2) is 29.3 Å². The van der Waals surface area contributed by atoms with Gasteiger partial charge < -0.3 is 20.3 Å². The molecule has 1 aromatic heterocycles. The van der Waals surface area contributed by atoms with Crippen LogP contribution < -0.4 is 15.2 Å². The van der Waals surface area contributed by atoms with Crippen LogP contribution >= 0.6 is 12.4 Å². The summed E-state index contributed by atoms with van der Waals surface area (Å²) in [5, 5.41) is 10.2. The van der Waals surface area contributed by atoms with Gasteiger partial charge in [0.1, 0.15) is 5.75 Å². The van der Waals surface area contributed by atoms with E-state index in [1.165, 1.54) is 0 Å². The first-order valence-electron chi connectivity index (χ1n) is 6.61. The average Bonchev–Trinajstić information content (AvgIpc) is 2.53. The third-order valence-electron chi connectivity index (χ3n) is 3.36. The summed E-state index contributed by atoms with van der Waals surface area (Å²) < 4.78 is 10.6. The number of hydrogen-bond donors (Lipinski definition) is 2. The van der Waals surface area contributed by atoms with Crippen molar-refractivity contribution in [1.82, 2.24) is 9.97 Å². The number of phenols is 1. The topological polar surface area (TPSA) is 90.5 Å². The smallest absolute Gasteiger partial charge is 0.221 e. The number of nitrogen functional groups attached to an aromatic ring is 1. The minimum atomic E-state index is 0. The minimum Gasteiger partial charge on any atom is -0.508 e. The van der Waals surface area contributed by atoms with Crippen LogP contribution in [0.3, 0.4) is 0 Å². The van der Waals surface area contributed by atoms with Crippen LogP contribution in [0.1, 0.15) is 0 Å². The van der Waals surface area contributed by atoms with Gasteiger partial charge in [-0.15, -0.1) is 12.4 Å². The van der Waals surface area contributed by atoms with Gasteiger partial charge in [-0.2, -0.15) is 0 Å². The standard InChI is InChI=1S/C16H15N3O3.ClH/c1-21-13-7-11-12(8-14(13)22-2)18-16(17)19-15(11)9-3-5-10(20)6-4-9;/h3-8,20H,1-2H3,(H2,17,18,19);1H. The summed E-state index contributed by atoms with van der Waals surface area (Å²) in [6, 6.07) is 10.3. The molecule has 2 aromatic carbocycles. The second kappa shape index (κ2) is 6.58. The van der Waals surface area contributed by atoms with Crippen molar-refractivity contribution in [1.29, 1.82) is 0 Å². The van der Waals surface area contributed by atoms with Crippen molar-refractivity contribution in [3.8, 4) is 28.5 Å². The Morgan fingerprint density at radius 1 is 0.957 bits per heavy atom. The van der Waals surface area contributed by atoms with Crippen LogP contribution in [0.15, 0.2) is 36.4 Å². The molecule has 0 aliphatic rings. The normalized spacial score (nSPS) is 10.2. The molecule has 0 saturated carbocycles. The third kappa shape index (κ3) is 3.07. The molecule has 0 spiro atoms. The van der Waals surface area contributed by atoms with Crippen LogP contribution in [0.5, 0.6) is 17.2 Å². The number of aromatic hydroxyl groups is 1. The van der Waals surface area contributed by atoms with Crippen molar-refractivity contribution in [2.45, 2.75) is 0 Å². The second-order valence-electron chi connectivity index (χ2n) is 4.70. The molecule has 0 saturated heterocycles. The number of phenolic OH excluding ortho intramolecular Hbond substituents is 1. The van der Waals surface area contributed by atoms with E-state index in [1.54, 1.807) is 44.6 Å². The molecule has 3 aromatic rings. The highest BCUT2D eigenvalue weighted by Crippen LogP contribution is 2.36. The molecular formula is C16H16ClN3O3. The lowest BCUT2D eigenvalue weighted by molar-refractivity contribution is 0.356. The van der Waals surface area contributed by atoms with Crippen LogP contribution in [0.25, 0.3) is 22.2 Å². The Morgan fingerprint density at radius 3 is 2.17 bits per heavy atom. The number of fused-ring (bicyclic) bond motifs is 1. The predicted molar refractivity (Wildman–Crippen MR) is 91.4 cm³/mol. The molecule has 23 heavy (non-hydrogen) atoms. The lowest BCUT2D eigenvalue weighted by atomic mass is 10.1. The van der Waals surface area contributed by atoms with E-state index in [0.29, 0.717) is 22.7 Å². The number of halogens is 1. The van der Waals surface area contributed by atoms with E-state index >= 15 is 0 Å². The molecule has 3 rings (SSSR count). The van der Waals surface area contributed by atoms with Gasteiger partial charge in [0.25, 0.3) is 0 Å². The van der Waals surface area contributed by atoms with Gasteiger partial charge in [-0.1, -0.05) is 0 Å². The summed E-state index contributed by atoms with van der Waals surface area (Å²) in [6.07, 6.45) is 0. The summed E-state index contributed by atoms with van der Waals surface area (Å²) in [5.74, 6) is 1.52. The second-order valence-corrected chi connectivity index (χ2v) is 4.70. The zero-order valence-corrected chi connectivity index (χ0v) is 13.4. The maximum atomic E-state index is 9.43. The van der Waals surface area contributed by atoms with Gasteiger partial charge in [0.15, 0.2) is 11.5 Å². The Morgan fingerprint density at radius 2 is 1.57 bits per heavy atom. The Hall–Kier alpha value is -2.73. The number of rotatable bonds is 3. The molecule has 0 fully saturated rings. The van der Waals surface area contributed by atoms with Crippen molar-refractivity contribution >= 4 is 29.3 Å². The van der Waals surface area contributed by atoms with E-state index in [4.69, 9.17) is 15.2 Å². The van der Waals surface area contributed by atoms with Crippen molar-refractivity contribution in [3.63, 3.8) is 0 Å². The predicted octanol–water partition coefficient (Wildman–Crippen LogP) is 3.02. The lowest BCUT2D eigenvalue weighted by Gasteiger charge is -2.12. The van der Waals surface area contributed by atoms with Crippen LogP contribution in [0, 0.1) is 0 Å². The van der Waals surface area contributed by atoms with Gasteiger partial charge in [-0.05, 0) is 30.3 Å². The van der Waals surface area contributed by atoms with Crippen molar-refractivity contribution in [2.24, 2.45) is 0 Å². The number of methoxy groups -OCH3 is 2. The molecule has 1 heterocycles. The molecule has 0 aliphatic heterocycles. The summed E-state index contributed by atoms with van der Waals surface area (Å²) in [7, 11) is 3.14. The number of nitrogens with zero attached hydrogens (tertiary/aromatic N) is 2. The number of anilines is 1. The van der Waals surface area contributed by atoms with Gasteiger partial charge in [0, 0.05) is 17.0 Å². The van der Waals surface area contributed by atoms with E-state index in [2.05, 4.69) is 9.97 Å². The number of hydrogen-bond acceptors (Lipinski definition) is 6. The summed E-state index contributed by atoms with van der Waals surface area (Å²) in [4.78, 5) is 8.57.